The van der Waals surface area contributed by atoms with Crippen molar-refractivity contribution in [1.82, 2.24) is 9.13 Å². The van der Waals surface area contributed by atoms with E-state index in [2.05, 4.69) is 10.2 Å². The molecule has 1 saturated heterocycles. The van der Waals surface area contributed by atoms with Gasteiger partial charge in [0.25, 0.3) is 0 Å². The number of carbonyl (C=O) groups is 2. The second-order valence-corrected chi connectivity index (χ2v) is 8.95. The minimum atomic E-state index is -0.670. The Hall–Kier alpha value is -3.95. The number of fused-ring (bicyclic) bond motifs is 1. The third-order valence-corrected chi connectivity index (χ3v) is 6.62. The predicted octanol–water partition coefficient (Wildman–Crippen LogP) is 2.34. The monoisotopic (exact) mass is 496 g/mol. The van der Waals surface area contributed by atoms with Crippen molar-refractivity contribution in [3.05, 3.63) is 68.5 Å². The van der Waals surface area contributed by atoms with Crippen molar-refractivity contribution in [3.8, 4) is 0 Å². The SMILES string of the molecule is CCOC(=O)C1CCN(c2cc3c(cc2NC(=O)Cc2ccc(F)cc2)n(C)c(=O)c(=O)n3C)CC1. The normalized spacial score (nSPS) is 14.2. The van der Waals surface area contributed by atoms with Crippen molar-refractivity contribution in [1.29, 1.82) is 0 Å². The Morgan fingerprint density at radius 3 is 2.17 bits per heavy atom. The Bertz CT molecular complexity index is 1420. The molecular weight excluding hydrogens is 467 g/mol. The molecule has 0 saturated carbocycles. The molecule has 190 valence electrons. The van der Waals surface area contributed by atoms with E-state index in [0.29, 0.717) is 60.5 Å². The summed E-state index contributed by atoms with van der Waals surface area (Å²) in [5, 5.41) is 2.93. The maximum atomic E-state index is 13.2. The second-order valence-electron chi connectivity index (χ2n) is 8.95. The first-order valence-electron chi connectivity index (χ1n) is 11.9. The highest BCUT2D eigenvalue weighted by atomic mass is 19.1. The van der Waals surface area contributed by atoms with Gasteiger partial charge < -0.3 is 24.1 Å². The molecule has 36 heavy (non-hydrogen) atoms. The standard InChI is InChI=1S/C26H29FN4O5/c1-4-36-26(35)17-9-11-31(12-10-17)20-15-22-21(29(2)24(33)25(34)30(22)3)14-19(20)28-23(32)13-16-5-7-18(27)8-6-16/h5-8,14-15,17H,4,9-13H2,1-3H3,(H,28,32). The quantitative estimate of drug-likeness (QED) is 0.415. The zero-order valence-corrected chi connectivity index (χ0v) is 20.5. The molecule has 0 radical (unpaired) electrons. The molecule has 0 atom stereocenters. The fraction of sp³-hybridized carbons (Fsp3) is 0.385. The minimum Gasteiger partial charge on any atom is -0.466 e. The molecule has 1 aliphatic rings. The van der Waals surface area contributed by atoms with Gasteiger partial charge in [-0.25, -0.2) is 4.39 Å². The van der Waals surface area contributed by atoms with Gasteiger partial charge in [0.05, 0.1) is 41.4 Å². The molecule has 0 bridgehead atoms. The topological polar surface area (TPSA) is 103 Å². The number of aryl methyl sites for hydroxylation is 2. The van der Waals surface area contributed by atoms with Gasteiger partial charge in [-0.3, -0.25) is 19.2 Å². The highest BCUT2D eigenvalue weighted by Crippen LogP contribution is 2.34. The van der Waals surface area contributed by atoms with Crippen LogP contribution in [0.4, 0.5) is 15.8 Å². The van der Waals surface area contributed by atoms with Gasteiger partial charge in [-0.2, -0.15) is 0 Å². The third-order valence-electron chi connectivity index (χ3n) is 6.62. The fourth-order valence-corrected chi connectivity index (χ4v) is 4.57. The first kappa shape index (κ1) is 25.2. The molecule has 1 aliphatic heterocycles. The highest BCUT2D eigenvalue weighted by molar-refractivity contribution is 5.99. The lowest BCUT2D eigenvalue weighted by atomic mass is 9.96. The van der Waals surface area contributed by atoms with Crippen molar-refractivity contribution < 1.29 is 18.7 Å². The summed E-state index contributed by atoms with van der Waals surface area (Å²) < 4.78 is 21.0. The number of ether oxygens (including phenoxy) is 1. The van der Waals surface area contributed by atoms with Gasteiger partial charge >= 0.3 is 17.1 Å². The molecule has 4 rings (SSSR count). The highest BCUT2D eigenvalue weighted by Gasteiger charge is 2.28. The molecule has 3 aromatic rings. The van der Waals surface area contributed by atoms with Gasteiger partial charge in [-0.1, -0.05) is 12.1 Å². The van der Waals surface area contributed by atoms with E-state index in [1.807, 2.05) is 0 Å². The van der Waals surface area contributed by atoms with E-state index in [9.17, 15) is 23.6 Å². The summed E-state index contributed by atoms with van der Waals surface area (Å²) in [7, 11) is 3.05. The van der Waals surface area contributed by atoms with E-state index < -0.39 is 11.1 Å². The van der Waals surface area contributed by atoms with Crippen LogP contribution in [0.5, 0.6) is 0 Å². The van der Waals surface area contributed by atoms with Crippen LogP contribution in [-0.2, 0) is 34.8 Å². The molecule has 0 unspecified atom stereocenters. The van der Waals surface area contributed by atoms with Gasteiger partial charge in [0.1, 0.15) is 5.82 Å². The number of amides is 1. The van der Waals surface area contributed by atoms with Crippen LogP contribution in [0.1, 0.15) is 25.3 Å². The Morgan fingerprint density at radius 2 is 1.58 bits per heavy atom. The summed E-state index contributed by atoms with van der Waals surface area (Å²) in [6.45, 7) is 3.21. The van der Waals surface area contributed by atoms with Gasteiger partial charge in [0.15, 0.2) is 0 Å². The van der Waals surface area contributed by atoms with E-state index >= 15 is 0 Å². The van der Waals surface area contributed by atoms with Crippen molar-refractivity contribution in [2.45, 2.75) is 26.2 Å². The van der Waals surface area contributed by atoms with Crippen LogP contribution in [0.25, 0.3) is 11.0 Å². The Balaban J connectivity index is 1.70. The predicted molar refractivity (Wildman–Crippen MR) is 135 cm³/mol. The molecular formula is C26H29FN4O5. The summed E-state index contributed by atoms with van der Waals surface area (Å²) in [5.41, 5.74) is 1.54. The number of esters is 1. The van der Waals surface area contributed by atoms with Crippen molar-refractivity contribution >= 4 is 34.3 Å². The molecule has 1 fully saturated rings. The lowest BCUT2D eigenvalue weighted by molar-refractivity contribution is -0.148. The summed E-state index contributed by atoms with van der Waals surface area (Å²) in [6, 6.07) is 9.17. The van der Waals surface area contributed by atoms with Gasteiger partial charge in [0.2, 0.25) is 5.91 Å². The van der Waals surface area contributed by atoms with E-state index in [1.54, 1.807) is 31.2 Å². The number of halogens is 1. The number of benzene rings is 2. The molecule has 1 amide bonds. The molecule has 1 aromatic heterocycles. The number of carbonyl (C=O) groups excluding carboxylic acids is 2. The summed E-state index contributed by atoms with van der Waals surface area (Å²) in [5.74, 6) is -1.09. The summed E-state index contributed by atoms with van der Waals surface area (Å²) >= 11 is 0. The van der Waals surface area contributed by atoms with E-state index in [-0.39, 0.29) is 30.0 Å². The van der Waals surface area contributed by atoms with Crippen LogP contribution in [0, 0.1) is 11.7 Å². The van der Waals surface area contributed by atoms with Crippen LogP contribution in [0.2, 0.25) is 0 Å². The van der Waals surface area contributed by atoms with E-state index in [4.69, 9.17) is 4.74 Å². The van der Waals surface area contributed by atoms with Gasteiger partial charge in [-0.05, 0) is 49.6 Å². The first-order valence-corrected chi connectivity index (χ1v) is 11.9. The maximum Gasteiger partial charge on any atom is 0.316 e. The van der Waals surface area contributed by atoms with Crippen LogP contribution in [0.3, 0.4) is 0 Å². The first-order chi connectivity index (χ1) is 17.2. The van der Waals surface area contributed by atoms with Crippen molar-refractivity contribution in [2.75, 3.05) is 29.9 Å². The number of hydrogen-bond donors (Lipinski definition) is 1. The summed E-state index contributed by atoms with van der Waals surface area (Å²) in [6.07, 6.45) is 1.22. The zero-order valence-electron chi connectivity index (χ0n) is 20.5. The zero-order chi connectivity index (χ0) is 26.0. The van der Waals surface area contributed by atoms with Gasteiger partial charge in [-0.15, -0.1) is 0 Å². The molecule has 2 aromatic carbocycles. The maximum absolute atomic E-state index is 13.2. The van der Waals surface area contributed by atoms with E-state index in [1.165, 1.54) is 35.4 Å². The smallest absolute Gasteiger partial charge is 0.316 e. The molecule has 10 heteroatoms. The lowest BCUT2D eigenvalue weighted by Crippen LogP contribution is -2.40. The number of hydrogen-bond acceptors (Lipinski definition) is 6. The Kier molecular flexibility index (Phi) is 7.23. The van der Waals surface area contributed by atoms with Crippen molar-refractivity contribution in [3.63, 3.8) is 0 Å². The van der Waals surface area contributed by atoms with Crippen LogP contribution in [0.15, 0.2) is 46.0 Å². The number of rotatable bonds is 6. The van der Waals surface area contributed by atoms with Crippen LogP contribution in [-0.4, -0.2) is 40.7 Å². The van der Waals surface area contributed by atoms with Crippen LogP contribution >= 0.6 is 0 Å². The minimum absolute atomic E-state index is 0.0366. The molecule has 1 N–H and O–H groups in total. The fourth-order valence-electron chi connectivity index (χ4n) is 4.57. The second kappa shape index (κ2) is 10.3. The Morgan fingerprint density at radius 1 is 1.00 bits per heavy atom. The number of nitrogens with one attached hydrogen (secondary N) is 1. The van der Waals surface area contributed by atoms with E-state index in [0.717, 1.165) is 0 Å². The molecule has 9 nitrogen and oxygen atoms in total. The number of anilines is 2. The van der Waals surface area contributed by atoms with Crippen LogP contribution < -0.4 is 21.3 Å². The number of aromatic nitrogens is 2. The number of piperidine rings is 1. The third kappa shape index (κ3) is 5.02. The van der Waals surface area contributed by atoms with Gasteiger partial charge in [0, 0.05) is 27.2 Å². The summed E-state index contributed by atoms with van der Waals surface area (Å²) in [4.78, 5) is 52.0. The average molecular weight is 497 g/mol. The molecule has 2 heterocycles. The lowest BCUT2D eigenvalue weighted by Gasteiger charge is -2.34. The molecule has 0 spiro atoms. The Labute approximate surface area is 207 Å². The largest absolute Gasteiger partial charge is 0.466 e. The van der Waals surface area contributed by atoms with Crippen molar-refractivity contribution in [2.24, 2.45) is 20.0 Å². The number of nitrogens with zero attached hydrogens (tertiary/aromatic N) is 3. The average Bonchev–Trinajstić information content (AvgIpc) is 2.87. The molecule has 0 aliphatic carbocycles.